The third-order valence-electron chi connectivity index (χ3n) is 4.46. The normalized spacial score (nSPS) is 28.9. The highest BCUT2D eigenvalue weighted by Crippen LogP contribution is 2.46. The number of ether oxygens (including phenoxy) is 1. The van der Waals surface area contributed by atoms with Crippen molar-refractivity contribution >= 4 is 0 Å². The molecule has 2 heterocycles. The Bertz CT molecular complexity index is 397. The van der Waals surface area contributed by atoms with Gasteiger partial charge in [-0.2, -0.15) is 0 Å². The third kappa shape index (κ3) is 1.89. The highest BCUT2D eigenvalue weighted by atomic mass is 16.5. The summed E-state index contributed by atoms with van der Waals surface area (Å²) >= 11 is 0. The molecule has 3 rings (SSSR count). The lowest BCUT2D eigenvalue weighted by molar-refractivity contribution is -0.146. The Balaban J connectivity index is 1.73. The van der Waals surface area contributed by atoms with Crippen LogP contribution >= 0.6 is 0 Å². The zero-order chi connectivity index (χ0) is 11.9. The molecular formula is C13H21N3O. The van der Waals surface area contributed by atoms with Crippen molar-refractivity contribution in [2.24, 2.45) is 18.7 Å². The fraction of sp³-hybridized carbons (Fsp3) is 0.769. The number of hydrogen-bond acceptors (Lipinski definition) is 3. The summed E-state index contributed by atoms with van der Waals surface area (Å²) in [5.41, 5.74) is 6.55. The SMILES string of the molecule is Cn1ccnc1C(N)C1CCOC2(CCC2)C1. The van der Waals surface area contributed by atoms with E-state index < -0.39 is 0 Å². The Hall–Kier alpha value is -0.870. The van der Waals surface area contributed by atoms with E-state index in [1.54, 1.807) is 0 Å². The van der Waals surface area contributed by atoms with E-state index in [0.29, 0.717) is 5.92 Å². The van der Waals surface area contributed by atoms with Crippen molar-refractivity contribution in [2.75, 3.05) is 6.61 Å². The van der Waals surface area contributed by atoms with Crippen LogP contribution in [-0.4, -0.2) is 21.8 Å². The molecule has 1 aromatic rings. The van der Waals surface area contributed by atoms with Gasteiger partial charge >= 0.3 is 0 Å². The van der Waals surface area contributed by atoms with Crippen LogP contribution in [0.1, 0.15) is 44.0 Å². The van der Waals surface area contributed by atoms with Crippen LogP contribution in [0.15, 0.2) is 12.4 Å². The molecule has 0 radical (unpaired) electrons. The molecule has 1 aliphatic carbocycles. The predicted molar refractivity (Wildman–Crippen MR) is 65.4 cm³/mol. The molecule has 2 N–H and O–H groups in total. The lowest BCUT2D eigenvalue weighted by atomic mass is 9.70. The topological polar surface area (TPSA) is 53.1 Å². The van der Waals surface area contributed by atoms with E-state index in [0.717, 1.165) is 25.3 Å². The van der Waals surface area contributed by atoms with Crippen LogP contribution in [0.25, 0.3) is 0 Å². The quantitative estimate of drug-likeness (QED) is 0.850. The monoisotopic (exact) mass is 235 g/mol. The van der Waals surface area contributed by atoms with E-state index in [4.69, 9.17) is 10.5 Å². The second kappa shape index (κ2) is 4.10. The number of nitrogens with two attached hydrogens (primary N) is 1. The molecule has 1 saturated heterocycles. The molecule has 0 amide bonds. The van der Waals surface area contributed by atoms with Gasteiger partial charge in [-0.1, -0.05) is 0 Å². The van der Waals surface area contributed by atoms with Crippen molar-refractivity contribution < 1.29 is 4.74 Å². The number of aromatic nitrogens is 2. The van der Waals surface area contributed by atoms with Gasteiger partial charge in [-0.05, 0) is 38.0 Å². The maximum Gasteiger partial charge on any atom is 0.125 e. The third-order valence-corrected chi connectivity index (χ3v) is 4.46. The Kier molecular flexibility index (Phi) is 2.71. The van der Waals surface area contributed by atoms with Crippen LogP contribution in [0, 0.1) is 5.92 Å². The van der Waals surface area contributed by atoms with Crippen molar-refractivity contribution in [1.29, 1.82) is 0 Å². The van der Waals surface area contributed by atoms with Gasteiger partial charge in [-0.15, -0.1) is 0 Å². The molecular weight excluding hydrogens is 214 g/mol. The van der Waals surface area contributed by atoms with Crippen molar-refractivity contribution in [3.63, 3.8) is 0 Å². The molecule has 2 unspecified atom stereocenters. The first-order valence-corrected chi connectivity index (χ1v) is 6.57. The summed E-state index contributed by atoms with van der Waals surface area (Å²) in [5.74, 6) is 1.52. The molecule has 17 heavy (non-hydrogen) atoms. The second-order valence-corrected chi connectivity index (χ2v) is 5.56. The van der Waals surface area contributed by atoms with Gasteiger partial charge in [0.1, 0.15) is 5.82 Å². The lowest BCUT2D eigenvalue weighted by Gasteiger charge is -2.48. The first-order chi connectivity index (χ1) is 8.20. The van der Waals surface area contributed by atoms with Crippen molar-refractivity contribution in [3.8, 4) is 0 Å². The highest BCUT2D eigenvalue weighted by Gasteiger charge is 2.44. The maximum absolute atomic E-state index is 6.38. The van der Waals surface area contributed by atoms with Gasteiger partial charge in [-0.25, -0.2) is 4.98 Å². The fourth-order valence-electron chi connectivity index (χ4n) is 3.20. The van der Waals surface area contributed by atoms with Gasteiger partial charge in [0.2, 0.25) is 0 Å². The molecule has 4 nitrogen and oxygen atoms in total. The summed E-state index contributed by atoms with van der Waals surface area (Å²) in [6, 6.07) is 0.0522. The van der Waals surface area contributed by atoms with Gasteiger partial charge in [0, 0.05) is 26.0 Å². The molecule has 2 aliphatic rings. The molecule has 4 heteroatoms. The summed E-state index contributed by atoms with van der Waals surface area (Å²) in [6.07, 6.45) is 9.72. The Morgan fingerprint density at radius 3 is 3.00 bits per heavy atom. The molecule has 94 valence electrons. The van der Waals surface area contributed by atoms with E-state index in [9.17, 15) is 0 Å². The molecule has 0 aromatic carbocycles. The summed E-state index contributed by atoms with van der Waals surface area (Å²) in [6.45, 7) is 0.864. The summed E-state index contributed by atoms with van der Waals surface area (Å²) in [7, 11) is 2.01. The van der Waals surface area contributed by atoms with Crippen LogP contribution in [0.3, 0.4) is 0 Å². The zero-order valence-electron chi connectivity index (χ0n) is 10.4. The molecule has 0 bridgehead atoms. The standard InChI is InChI=1S/C13H21N3O/c1-16-7-6-15-12(16)11(14)10-3-8-17-13(9-10)4-2-5-13/h6-7,10-11H,2-5,8-9,14H2,1H3. The lowest BCUT2D eigenvalue weighted by Crippen LogP contribution is -2.47. The van der Waals surface area contributed by atoms with E-state index in [1.165, 1.54) is 19.3 Å². The number of rotatable bonds is 2. The van der Waals surface area contributed by atoms with Gasteiger partial charge in [0.25, 0.3) is 0 Å². The van der Waals surface area contributed by atoms with Crippen molar-refractivity contribution in [2.45, 2.75) is 43.7 Å². The van der Waals surface area contributed by atoms with Gasteiger partial charge in [0.05, 0.1) is 11.6 Å². The minimum Gasteiger partial charge on any atom is -0.375 e. The molecule has 2 atom stereocenters. The number of imidazole rings is 1. The highest BCUT2D eigenvalue weighted by molar-refractivity contribution is 5.03. The molecule has 2 fully saturated rings. The Labute approximate surface area is 102 Å². The molecule has 1 saturated carbocycles. The van der Waals surface area contributed by atoms with E-state index in [-0.39, 0.29) is 11.6 Å². The summed E-state index contributed by atoms with van der Waals surface area (Å²) < 4.78 is 7.98. The van der Waals surface area contributed by atoms with Crippen molar-refractivity contribution in [1.82, 2.24) is 9.55 Å². The van der Waals surface area contributed by atoms with Crippen LogP contribution in [-0.2, 0) is 11.8 Å². The second-order valence-electron chi connectivity index (χ2n) is 5.56. The Morgan fingerprint density at radius 2 is 2.41 bits per heavy atom. The van der Waals surface area contributed by atoms with E-state index >= 15 is 0 Å². The maximum atomic E-state index is 6.38. The smallest absolute Gasteiger partial charge is 0.125 e. The van der Waals surface area contributed by atoms with Crippen LogP contribution in [0.5, 0.6) is 0 Å². The van der Waals surface area contributed by atoms with Crippen LogP contribution < -0.4 is 5.73 Å². The zero-order valence-corrected chi connectivity index (χ0v) is 10.4. The van der Waals surface area contributed by atoms with E-state index in [1.807, 2.05) is 24.0 Å². The fourth-order valence-corrected chi connectivity index (χ4v) is 3.20. The molecule has 1 aromatic heterocycles. The van der Waals surface area contributed by atoms with Crippen LogP contribution in [0.2, 0.25) is 0 Å². The molecule has 1 spiro atoms. The average molecular weight is 235 g/mol. The largest absolute Gasteiger partial charge is 0.375 e. The van der Waals surface area contributed by atoms with Crippen LogP contribution in [0.4, 0.5) is 0 Å². The minimum absolute atomic E-state index is 0.0522. The van der Waals surface area contributed by atoms with Gasteiger partial charge < -0.3 is 15.0 Å². The van der Waals surface area contributed by atoms with E-state index in [2.05, 4.69) is 4.98 Å². The number of nitrogens with zero attached hydrogens (tertiary/aromatic N) is 2. The number of hydrogen-bond donors (Lipinski definition) is 1. The van der Waals surface area contributed by atoms with Gasteiger partial charge in [-0.3, -0.25) is 0 Å². The van der Waals surface area contributed by atoms with Crippen molar-refractivity contribution in [3.05, 3.63) is 18.2 Å². The number of aryl methyl sites for hydroxylation is 1. The average Bonchev–Trinajstić information content (AvgIpc) is 2.73. The summed E-state index contributed by atoms with van der Waals surface area (Å²) in [4.78, 5) is 4.38. The summed E-state index contributed by atoms with van der Waals surface area (Å²) in [5, 5.41) is 0. The first-order valence-electron chi connectivity index (χ1n) is 6.57. The van der Waals surface area contributed by atoms with Gasteiger partial charge in [0.15, 0.2) is 0 Å². The predicted octanol–water partition coefficient (Wildman–Crippen LogP) is 1.77. The first kappa shape index (κ1) is 11.2. The minimum atomic E-state index is 0.0522. The molecule has 1 aliphatic heterocycles. The Morgan fingerprint density at radius 1 is 1.59 bits per heavy atom.